The van der Waals surface area contributed by atoms with Gasteiger partial charge >= 0.3 is 0 Å². The Kier molecular flexibility index (Phi) is 4.53. The Morgan fingerprint density at radius 1 is 1.39 bits per heavy atom. The lowest BCUT2D eigenvalue weighted by atomic mass is 9.90. The summed E-state index contributed by atoms with van der Waals surface area (Å²) in [6, 6.07) is 2.71. The van der Waals surface area contributed by atoms with E-state index in [4.69, 9.17) is 0 Å². The molecule has 0 aromatic carbocycles. The highest BCUT2D eigenvalue weighted by atomic mass is 15.2. The van der Waals surface area contributed by atoms with E-state index in [1.54, 1.807) is 6.33 Å². The van der Waals surface area contributed by atoms with Gasteiger partial charge in [-0.2, -0.15) is 0 Å². The largest absolute Gasteiger partial charge is 0.356 e. The molecule has 1 unspecified atom stereocenters. The van der Waals surface area contributed by atoms with Crippen LogP contribution in [-0.4, -0.2) is 35.6 Å². The summed E-state index contributed by atoms with van der Waals surface area (Å²) in [5.41, 5.74) is 1.04. The van der Waals surface area contributed by atoms with E-state index in [0.717, 1.165) is 37.1 Å². The van der Waals surface area contributed by atoms with Crippen LogP contribution in [0.2, 0.25) is 0 Å². The second kappa shape index (κ2) is 6.14. The lowest BCUT2D eigenvalue weighted by Crippen LogP contribution is -2.42. The minimum absolute atomic E-state index is 0.629. The second-order valence-electron chi connectivity index (χ2n) is 5.19. The monoisotopic (exact) mass is 248 g/mol. The van der Waals surface area contributed by atoms with Crippen molar-refractivity contribution in [2.45, 2.75) is 39.7 Å². The van der Waals surface area contributed by atoms with E-state index in [1.807, 2.05) is 6.92 Å². The standard InChI is InChI=1S/C14H24N4/c1-4-15-12(3)13-5-7-18(8-6-13)14-9-11(2)16-10-17-14/h9-10,12-13,15H,4-8H2,1-3H3. The first-order chi connectivity index (χ1) is 8.70. The Labute approximate surface area is 110 Å². The van der Waals surface area contributed by atoms with Crippen molar-refractivity contribution in [2.24, 2.45) is 5.92 Å². The zero-order chi connectivity index (χ0) is 13.0. The van der Waals surface area contributed by atoms with Gasteiger partial charge in [0.15, 0.2) is 0 Å². The van der Waals surface area contributed by atoms with Crippen LogP contribution < -0.4 is 10.2 Å². The molecule has 1 aliphatic rings. The smallest absolute Gasteiger partial charge is 0.132 e. The fraction of sp³-hybridized carbons (Fsp3) is 0.714. The van der Waals surface area contributed by atoms with E-state index in [-0.39, 0.29) is 0 Å². The third-order valence-corrected chi connectivity index (χ3v) is 3.89. The van der Waals surface area contributed by atoms with E-state index in [2.05, 4.69) is 40.1 Å². The first-order valence-electron chi connectivity index (χ1n) is 6.97. The molecule has 2 rings (SSSR count). The van der Waals surface area contributed by atoms with Crippen LogP contribution in [-0.2, 0) is 0 Å². The molecule has 2 heterocycles. The molecule has 0 spiro atoms. The first kappa shape index (κ1) is 13.3. The van der Waals surface area contributed by atoms with Crippen LogP contribution in [0.25, 0.3) is 0 Å². The maximum atomic E-state index is 4.37. The van der Waals surface area contributed by atoms with Gasteiger partial charge in [0.1, 0.15) is 12.1 Å². The average Bonchev–Trinajstić information content (AvgIpc) is 2.39. The molecule has 1 aromatic heterocycles. The molecule has 0 radical (unpaired) electrons. The van der Waals surface area contributed by atoms with Crippen molar-refractivity contribution in [1.82, 2.24) is 15.3 Å². The summed E-state index contributed by atoms with van der Waals surface area (Å²) in [4.78, 5) is 10.9. The van der Waals surface area contributed by atoms with E-state index in [1.165, 1.54) is 12.8 Å². The van der Waals surface area contributed by atoms with Crippen molar-refractivity contribution in [3.8, 4) is 0 Å². The molecule has 1 atom stereocenters. The lowest BCUT2D eigenvalue weighted by Gasteiger charge is -2.35. The van der Waals surface area contributed by atoms with Gasteiger partial charge in [0, 0.05) is 30.9 Å². The third-order valence-electron chi connectivity index (χ3n) is 3.89. The molecular weight excluding hydrogens is 224 g/mol. The Bertz CT molecular complexity index is 372. The molecule has 0 aliphatic carbocycles. The van der Waals surface area contributed by atoms with Crippen molar-refractivity contribution in [3.05, 3.63) is 18.1 Å². The van der Waals surface area contributed by atoms with Crippen LogP contribution in [0.15, 0.2) is 12.4 Å². The normalized spacial score (nSPS) is 18.9. The van der Waals surface area contributed by atoms with Gasteiger partial charge in [-0.15, -0.1) is 0 Å². The quantitative estimate of drug-likeness (QED) is 0.885. The molecule has 4 heteroatoms. The van der Waals surface area contributed by atoms with Crippen molar-refractivity contribution in [2.75, 3.05) is 24.5 Å². The van der Waals surface area contributed by atoms with Gasteiger partial charge in [0.05, 0.1) is 0 Å². The number of nitrogens with one attached hydrogen (secondary N) is 1. The van der Waals surface area contributed by atoms with E-state index >= 15 is 0 Å². The summed E-state index contributed by atoms with van der Waals surface area (Å²) in [5, 5.41) is 3.53. The second-order valence-corrected chi connectivity index (χ2v) is 5.19. The summed E-state index contributed by atoms with van der Waals surface area (Å²) in [6.45, 7) is 9.78. The van der Waals surface area contributed by atoms with Gasteiger partial charge in [0.25, 0.3) is 0 Å². The van der Waals surface area contributed by atoms with Crippen molar-refractivity contribution in [3.63, 3.8) is 0 Å². The Balaban J connectivity index is 1.90. The molecule has 1 N–H and O–H groups in total. The van der Waals surface area contributed by atoms with Crippen LogP contribution in [0.5, 0.6) is 0 Å². The molecule has 0 saturated carbocycles. The van der Waals surface area contributed by atoms with Crippen molar-refractivity contribution < 1.29 is 0 Å². The Morgan fingerprint density at radius 2 is 2.11 bits per heavy atom. The highest BCUT2D eigenvalue weighted by Crippen LogP contribution is 2.24. The zero-order valence-electron chi connectivity index (χ0n) is 11.7. The minimum Gasteiger partial charge on any atom is -0.356 e. The van der Waals surface area contributed by atoms with E-state index < -0.39 is 0 Å². The van der Waals surface area contributed by atoms with Crippen molar-refractivity contribution >= 4 is 5.82 Å². The van der Waals surface area contributed by atoms with Crippen LogP contribution >= 0.6 is 0 Å². The number of aryl methyl sites for hydroxylation is 1. The van der Waals surface area contributed by atoms with E-state index in [0.29, 0.717) is 6.04 Å². The van der Waals surface area contributed by atoms with E-state index in [9.17, 15) is 0 Å². The number of rotatable bonds is 4. The minimum atomic E-state index is 0.629. The maximum Gasteiger partial charge on any atom is 0.132 e. The van der Waals surface area contributed by atoms with Gasteiger partial charge < -0.3 is 10.2 Å². The molecule has 0 amide bonds. The molecule has 1 aromatic rings. The molecule has 4 nitrogen and oxygen atoms in total. The predicted octanol–water partition coefficient (Wildman–Crippen LogP) is 2.00. The summed E-state index contributed by atoms with van der Waals surface area (Å²) >= 11 is 0. The first-order valence-corrected chi connectivity index (χ1v) is 6.97. The predicted molar refractivity (Wildman–Crippen MR) is 74.8 cm³/mol. The number of nitrogens with zero attached hydrogens (tertiary/aromatic N) is 3. The molecular formula is C14H24N4. The Hall–Kier alpha value is -1.16. The van der Waals surface area contributed by atoms with Crippen LogP contribution in [0.4, 0.5) is 5.82 Å². The van der Waals surface area contributed by atoms with Gasteiger partial charge in [-0.05, 0) is 39.2 Å². The SMILES string of the molecule is CCNC(C)C1CCN(c2cc(C)ncn2)CC1. The van der Waals surface area contributed by atoms with Crippen LogP contribution in [0.3, 0.4) is 0 Å². The number of hydrogen-bond acceptors (Lipinski definition) is 4. The molecule has 18 heavy (non-hydrogen) atoms. The number of piperidine rings is 1. The molecule has 100 valence electrons. The highest BCUT2D eigenvalue weighted by Gasteiger charge is 2.23. The summed E-state index contributed by atoms with van der Waals surface area (Å²) < 4.78 is 0. The van der Waals surface area contributed by atoms with Crippen molar-refractivity contribution in [1.29, 1.82) is 0 Å². The molecule has 1 aliphatic heterocycles. The molecule has 0 bridgehead atoms. The van der Waals surface area contributed by atoms with Gasteiger partial charge in [-0.25, -0.2) is 9.97 Å². The number of aromatic nitrogens is 2. The molecule has 1 fully saturated rings. The fourth-order valence-electron chi connectivity index (χ4n) is 2.73. The maximum absolute atomic E-state index is 4.37. The third kappa shape index (κ3) is 3.19. The zero-order valence-corrected chi connectivity index (χ0v) is 11.7. The lowest BCUT2D eigenvalue weighted by molar-refractivity contribution is 0.314. The van der Waals surface area contributed by atoms with Crippen LogP contribution in [0.1, 0.15) is 32.4 Å². The van der Waals surface area contributed by atoms with Gasteiger partial charge in [-0.3, -0.25) is 0 Å². The average molecular weight is 248 g/mol. The summed E-state index contributed by atoms with van der Waals surface area (Å²) in [5.74, 6) is 1.88. The van der Waals surface area contributed by atoms with Gasteiger partial charge in [-0.1, -0.05) is 6.92 Å². The summed E-state index contributed by atoms with van der Waals surface area (Å²) in [6.07, 6.45) is 4.16. The summed E-state index contributed by atoms with van der Waals surface area (Å²) in [7, 11) is 0. The number of hydrogen-bond donors (Lipinski definition) is 1. The van der Waals surface area contributed by atoms with Crippen LogP contribution in [0, 0.1) is 12.8 Å². The fourth-order valence-corrected chi connectivity index (χ4v) is 2.73. The highest BCUT2D eigenvalue weighted by molar-refractivity contribution is 5.39. The number of anilines is 1. The van der Waals surface area contributed by atoms with Gasteiger partial charge in [0.2, 0.25) is 0 Å². The topological polar surface area (TPSA) is 41.0 Å². The Morgan fingerprint density at radius 3 is 2.72 bits per heavy atom. The molecule has 1 saturated heterocycles.